The molecule has 1 rings (SSSR count). The van der Waals surface area contributed by atoms with Crippen molar-refractivity contribution in [3.8, 4) is 0 Å². The molecule has 2 atom stereocenters. The Bertz CT molecular complexity index is 138. The normalized spacial score (nSPS) is 27.9. The monoisotopic (exact) mass is 199 g/mol. The van der Waals surface area contributed by atoms with Gasteiger partial charge in [-0.05, 0) is 19.3 Å². The largest absolute Gasteiger partial charge is 0.377 e. The summed E-state index contributed by atoms with van der Waals surface area (Å²) in [5, 5.41) is 0. The maximum absolute atomic E-state index is 5.99. The molecule has 84 valence electrons. The Hall–Kier alpha value is -0.0800. The van der Waals surface area contributed by atoms with Crippen LogP contribution in [-0.2, 0) is 4.74 Å². The minimum Gasteiger partial charge on any atom is -0.377 e. The number of nitrogens with two attached hydrogens (primary N) is 1. The highest BCUT2D eigenvalue weighted by Crippen LogP contribution is 2.19. The summed E-state index contributed by atoms with van der Waals surface area (Å²) in [7, 11) is 0. The van der Waals surface area contributed by atoms with Crippen molar-refractivity contribution in [2.24, 2.45) is 5.73 Å². The Kier molecular flexibility index (Phi) is 6.20. The first-order valence-corrected chi connectivity index (χ1v) is 6.21. The fraction of sp³-hybridized carbons (Fsp3) is 1.00. The highest BCUT2D eigenvalue weighted by Gasteiger charge is 2.21. The lowest BCUT2D eigenvalue weighted by atomic mass is 9.93. The predicted octanol–water partition coefficient (Wildman–Crippen LogP) is 2.85. The van der Waals surface area contributed by atoms with Crippen LogP contribution in [0.25, 0.3) is 0 Å². The van der Waals surface area contributed by atoms with Crippen LogP contribution in [-0.4, -0.2) is 18.8 Å². The molecule has 0 aromatic rings. The van der Waals surface area contributed by atoms with Gasteiger partial charge in [0.15, 0.2) is 0 Å². The molecule has 0 bridgehead atoms. The lowest BCUT2D eigenvalue weighted by molar-refractivity contribution is 0.0132. The fourth-order valence-electron chi connectivity index (χ4n) is 2.10. The van der Waals surface area contributed by atoms with E-state index in [9.17, 15) is 0 Å². The molecule has 0 aromatic carbocycles. The molecule has 14 heavy (non-hydrogen) atoms. The summed E-state index contributed by atoms with van der Waals surface area (Å²) in [5.41, 5.74) is 5.99. The Morgan fingerprint density at radius 1 is 1.14 bits per heavy atom. The van der Waals surface area contributed by atoms with E-state index in [1.807, 2.05) is 0 Å². The molecule has 0 spiro atoms. The number of unbranched alkanes of at least 4 members (excludes halogenated alkanes) is 3. The molecule has 0 amide bonds. The second-order valence-electron chi connectivity index (χ2n) is 4.42. The average molecular weight is 199 g/mol. The highest BCUT2D eigenvalue weighted by molar-refractivity contribution is 4.78. The summed E-state index contributed by atoms with van der Waals surface area (Å²) in [6.45, 7) is 3.15. The smallest absolute Gasteiger partial charge is 0.0725 e. The van der Waals surface area contributed by atoms with Gasteiger partial charge in [0.1, 0.15) is 0 Å². The summed E-state index contributed by atoms with van der Waals surface area (Å²) in [4.78, 5) is 0. The van der Waals surface area contributed by atoms with Crippen LogP contribution in [0.3, 0.4) is 0 Å². The molecule has 1 aliphatic rings. The van der Waals surface area contributed by atoms with Crippen molar-refractivity contribution in [1.82, 2.24) is 0 Å². The molecule has 0 radical (unpaired) electrons. The van der Waals surface area contributed by atoms with Gasteiger partial charge in [-0.15, -0.1) is 0 Å². The number of hydrogen-bond acceptors (Lipinski definition) is 2. The summed E-state index contributed by atoms with van der Waals surface area (Å²) < 4.78 is 5.82. The molecular weight excluding hydrogens is 174 g/mol. The standard InChI is InChI=1S/C12H25NO/c1-2-3-4-7-10-14-12-9-6-5-8-11(12)13/h11-12H,2-10,13H2,1H3. The lowest BCUT2D eigenvalue weighted by Gasteiger charge is -2.28. The number of hydrogen-bond donors (Lipinski definition) is 1. The molecule has 0 aromatic heterocycles. The van der Waals surface area contributed by atoms with E-state index >= 15 is 0 Å². The summed E-state index contributed by atoms with van der Waals surface area (Å²) in [6.07, 6.45) is 10.4. The minimum absolute atomic E-state index is 0.301. The van der Waals surface area contributed by atoms with E-state index in [-0.39, 0.29) is 0 Å². The SMILES string of the molecule is CCCCCCOC1CCCCC1N. The molecule has 0 heterocycles. The first kappa shape index (κ1) is 12.0. The Morgan fingerprint density at radius 3 is 2.64 bits per heavy atom. The third-order valence-corrected chi connectivity index (χ3v) is 3.08. The lowest BCUT2D eigenvalue weighted by Crippen LogP contribution is -2.39. The first-order valence-electron chi connectivity index (χ1n) is 6.21. The molecule has 1 fully saturated rings. The molecule has 2 nitrogen and oxygen atoms in total. The van der Waals surface area contributed by atoms with Gasteiger partial charge < -0.3 is 10.5 Å². The Labute approximate surface area is 88.2 Å². The molecular formula is C12H25NO. The third-order valence-electron chi connectivity index (χ3n) is 3.08. The second-order valence-corrected chi connectivity index (χ2v) is 4.42. The maximum Gasteiger partial charge on any atom is 0.0725 e. The zero-order valence-electron chi connectivity index (χ0n) is 9.50. The van der Waals surface area contributed by atoms with E-state index in [2.05, 4.69) is 6.92 Å². The van der Waals surface area contributed by atoms with E-state index in [4.69, 9.17) is 10.5 Å². The minimum atomic E-state index is 0.301. The molecule has 0 aliphatic heterocycles. The van der Waals surface area contributed by atoms with Gasteiger partial charge in [-0.25, -0.2) is 0 Å². The van der Waals surface area contributed by atoms with Crippen LogP contribution in [0.1, 0.15) is 58.3 Å². The second kappa shape index (κ2) is 7.24. The van der Waals surface area contributed by atoms with Crippen molar-refractivity contribution in [2.45, 2.75) is 70.4 Å². The van der Waals surface area contributed by atoms with Gasteiger partial charge in [0, 0.05) is 12.6 Å². The molecule has 0 saturated heterocycles. The van der Waals surface area contributed by atoms with E-state index in [1.165, 1.54) is 44.9 Å². The molecule has 1 saturated carbocycles. The number of rotatable bonds is 6. The van der Waals surface area contributed by atoms with Crippen molar-refractivity contribution in [3.05, 3.63) is 0 Å². The van der Waals surface area contributed by atoms with E-state index in [1.54, 1.807) is 0 Å². The van der Waals surface area contributed by atoms with Gasteiger partial charge in [-0.3, -0.25) is 0 Å². The summed E-state index contributed by atoms with van der Waals surface area (Å²) in [6, 6.07) is 0.301. The van der Waals surface area contributed by atoms with Gasteiger partial charge in [-0.1, -0.05) is 39.0 Å². The van der Waals surface area contributed by atoms with Crippen LogP contribution in [0.4, 0.5) is 0 Å². The molecule has 2 unspecified atom stereocenters. The third kappa shape index (κ3) is 4.43. The van der Waals surface area contributed by atoms with Crippen LogP contribution in [0.5, 0.6) is 0 Å². The Morgan fingerprint density at radius 2 is 1.93 bits per heavy atom. The van der Waals surface area contributed by atoms with Crippen molar-refractivity contribution in [2.75, 3.05) is 6.61 Å². The maximum atomic E-state index is 5.99. The van der Waals surface area contributed by atoms with Crippen molar-refractivity contribution < 1.29 is 4.74 Å². The molecule has 2 heteroatoms. The van der Waals surface area contributed by atoms with Crippen LogP contribution in [0, 0.1) is 0 Å². The van der Waals surface area contributed by atoms with E-state index < -0.39 is 0 Å². The zero-order chi connectivity index (χ0) is 10.2. The topological polar surface area (TPSA) is 35.2 Å². The van der Waals surface area contributed by atoms with Crippen LogP contribution < -0.4 is 5.73 Å². The van der Waals surface area contributed by atoms with Crippen molar-refractivity contribution in [1.29, 1.82) is 0 Å². The van der Waals surface area contributed by atoms with E-state index in [0.29, 0.717) is 12.1 Å². The van der Waals surface area contributed by atoms with Crippen LogP contribution >= 0.6 is 0 Å². The fourth-order valence-corrected chi connectivity index (χ4v) is 2.10. The van der Waals surface area contributed by atoms with E-state index in [0.717, 1.165) is 13.0 Å². The van der Waals surface area contributed by atoms with Gasteiger partial charge in [0.25, 0.3) is 0 Å². The van der Waals surface area contributed by atoms with Crippen LogP contribution in [0.2, 0.25) is 0 Å². The number of ether oxygens (including phenoxy) is 1. The predicted molar refractivity (Wildman–Crippen MR) is 60.3 cm³/mol. The molecule has 1 aliphatic carbocycles. The average Bonchev–Trinajstić information content (AvgIpc) is 2.20. The van der Waals surface area contributed by atoms with Gasteiger partial charge in [0.05, 0.1) is 6.10 Å². The van der Waals surface area contributed by atoms with Gasteiger partial charge in [0.2, 0.25) is 0 Å². The van der Waals surface area contributed by atoms with Gasteiger partial charge in [-0.2, -0.15) is 0 Å². The van der Waals surface area contributed by atoms with Crippen LogP contribution in [0.15, 0.2) is 0 Å². The summed E-state index contributed by atoms with van der Waals surface area (Å²) in [5.74, 6) is 0. The van der Waals surface area contributed by atoms with Crippen molar-refractivity contribution >= 4 is 0 Å². The zero-order valence-corrected chi connectivity index (χ0v) is 9.50. The first-order chi connectivity index (χ1) is 6.84. The van der Waals surface area contributed by atoms with Crippen molar-refractivity contribution in [3.63, 3.8) is 0 Å². The van der Waals surface area contributed by atoms with Gasteiger partial charge >= 0.3 is 0 Å². The summed E-state index contributed by atoms with van der Waals surface area (Å²) >= 11 is 0. The Balaban J connectivity index is 1.99. The molecule has 2 N–H and O–H groups in total. The highest BCUT2D eigenvalue weighted by atomic mass is 16.5. The quantitative estimate of drug-likeness (QED) is 0.668.